The van der Waals surface area contributed by atoms with Crippen molar-refractivity contribution in [3.05, 3.63) is 0 Å². The van der Waals surface area contributed by atoms with Crippen LogP contribution in [0.1, 0.15) is 59.3 Å². The maximum Gasteiger partial charge on any atom is 0.247 e. The van der Waals surface area contributed by atoms with Crippen LogP contribution in [0.15, 0.2) is 0 Å². The van der Waals surface area contributed by atoms with E-state index in [9.17, 15) is 9.59 Å². The van der Waals surface area contributed by atoms with Crippen LogP contribution >= 0.6 is 0 Å². The number of nitrogens with one attached hydrogen (secondary N) is 1. The van der Waals surface area contributed by atoms with Crippen molar-refractivity contribution >= 4 is 11.8 Å². The van der Waals surface area contributed by atoms with Gasteiger partial charge in [0.25, 0.3) is 0 Å². The van der Waals surface area contributed by atoms with Crippen LogP contribution in [0.4, 0.5) is 0 Å². The molecular formula is C16H28N2O2. The van der Waals surface area contributed by atoms with Crippen LogP contribution in [0.2, 0.25) is 0 Å². The van der Waals surface area contributed by atoms with E-state index in [1.165, 1.54) is 25.7 Å². The fourth-order valence-corrected chi connectivity index (χ4v) is 3.57. The van der Waals surface area contributed by atoms with Crippen molar-refractivity contribution in [1.29, 1.82) is 0 Å². The Morgan fingerprint density at radius 2 is 2.05 bits per heavy atom. The summed E-state index contributed by atoms with van der Waals surface area (Å²) in [5.74, 6) is 1.62. The van der Waals surface area contributed by atoms with Gasteiger partial charge < -0.3 is 10.2 Å². The zero-order valence-corrected chi connectivity index (χ0v) is 13.1. The smallest absolute Gasteiger partial charge is 0.247 e. The van der Waals surface area contributed by atoms with Gasteiger partial charge in [-0.2, -0.15) is 0 Å². The Morgan fingerprint density at radius 1 is 1.30 bits per heavy atom. The minimum atomic E-state index is -0.757. The van der Waals surface area contributed by atoms with Gasteiger partial charge in [-0.3, -0.25) is 9.59 Å². The molecule has 0 aromatic carbocycles. The first-order valence-electron chi connectivity index (χ1n) is 7.99. The molecule has 1 N–H and O–H groups in total. The van der Waals surface area contributed by atoms with Crippen LogP contribution in [0, 0.1) is 11.8 Å². The first-order chi connectivity index (χ1) is 9.38. The highest BCUT2D eigenvalue weighted by Crippen LogP contribution is 2.31. The number of rotatable bonds is 3. The molecule has 1 aliphatic heterocycles. The topological polar surface area (TPSA) is 49.4 Å². The second kappa shape index (κ2) is 6.15. The monoisotopic (exact) mass is 280 g/mol. The number of hydrogen-bond acceptors (Lipinski definition) is 2. The predicted molar refractivity (Wildman–Crippen MR) is 79.2 cm³/mol. The molecule has 0 spiro atoms. The van der Waals surface area contributed by atoms with Gasteiger partial charge in [-0.1, -0.05) is 26.2 Å². The van der Waals surface area contributed by atoms with Crippen molar-refractivity contribution < 1.29 is 9.59 Å². The lowest BCUT2D eigenvalue weighted by Crippen LogP contribution is -2.53. The molecule has 0 aromatic rings. The van der Waals surface area contributed by atoms with Crippen LogP contribution in [0.3, 0.4) is 0 Å². The third-order valence-electron chi connectivity index (χ3n) is 4.73. The molecule has 2 aliphatic rings. The van der Waals surface area contributed by atoms with Gasteiger partial charge in [0, 0.05) is 19.5 Å². The van der Waals surface area contributed by atoms with E-state index in [0.717, 1.165) is 24.8 Å². The molecule has 0 aromatic heterocycles. The average molecular weight is 280 g/mol. The van der Waals surface area contributed by atoms with Gasteiger partial charge in [-0.25, -0.2) is 0 Å². The summed E-state index contributed by atoms with van der Waals surface area (Å²) in [6.07, 6.45) is 6.78. The van der Waals surface area contributed by atoms with E-state index in [0.29, 0.717) is 13.0 Å². The third kappa shape index (κ3) is 3.74. The highest BCUT2D eigenvalue weighted by atomic mass is 16.2. The van der Waals surface area contributed by atoms with Crippen molar-refractivity contribution in [1.82, 2.24) is 10.2 Å². The van der Waals surface area contributed by atoms with E-state index in [4.69, 9.17) is 0 Å². The second-order valence-corrected chi connectivity index (χ2v) is 7.14. The number of carbonyl (C=O) groups excluding carboxylic acids is 2. The molecule has 4 heteroatoms. The Morgan fingerprint density at radius 3 is 2.75 bits per heavy atom. The number of carbonyl (C=O) groups is 2. The summed E-state index contributed by atoms with van der Waals surface area (Å²) in [6.45, 7) is 7.29. The number of nitrogens with zero attached hydrogens (tertiary/aromatic N) is 1. The maximum absolute atomic E-state index is 12.5. The molecule has 2 unspecified atom stereocenters. The van der Waals surface area contributed by atoms with E-state index < -0.39 is 5.54 Å². The van der Waals surface area contributed by atoms with Crippen LogP contribution in [0.25, 0.3) is 0 Å². The summed E-state index contributed by atoms with van der Waals surface area (Å²) in [7, 11) is 0. The Balaban J connectivity index is 1.90. The highest BCUT2D eigenvalue weighted by Gasteiger charge is 2.36. The van der Waals surface area contributed by atoms with Gasteiger partial charge >= 0.3 is 0 Å². The molecule has 114 valence electrons. The molecule has 2 rings (SSSR count). The SMILES string of the molecule is CC1CCCC(CCN2CCC(=O)NC(C)(C)C2=O)C1. The van der Waals surface area contributed by atoms with Crippen LogP contribution < -0.4 is 5.32 Å². The van der Waals surface area contributed by atoms with Crippen molar-refractivity contribution in [3.8, 4) is 0 Å². The summed E-state index contributed by atoms with van der Waals surface area (Å²) in [5, 5.41) is 2.81. The quantitative estimate of drug-likeness (QED) is 0.862. The molecule has 2 amide bonds. The van der Waals surface area contributed by atoms with Gasteiger partial charge in [-0.15, -0.1) is 0 Å². The zero-order chi connectivity index (χ0) is 14.8. The number of hydrogen-bond donors (Lipinski definition) is 1. The van der Waals surface area contributed by atoms with E-state index in [1.54, 1.807) is 13.8 Å². The minimum absolute atomic E-state index is 0.0165. The van der Waals surface area contributed by atoms with Crippen molar-refractivity contribution in [2.45, 2.75) is 64.8 Å². The molecule has 4 nitrogen and oxygen atoms in total. The van der Waals surface area contributed by atoms with Crippen LogP contribution in [0.5, 0.6) is 0 Å². The lowest BCUT2D eigenvalue weighted by molar-refractivity contribution is -0.137. The van der Waals surface area contributed by atoms with Gasteiger partial charge in [-0.05, 0) is 38.5 Å². The summed E-state index contributed by atoms with van der Waals surface area (Å²) >= 11 is 0. The van der Waals surface area contributed by atoms with Gasteiger partial charge in [0.05, 0.1) is 0 Å². The van der Waals surface area contributed by atoms with Gasteiger partial charge in [0.15, 0.2) is 0 Å². The second-order valence-electron chi connectivity index (χ2n) is 7.14. The largest absolute Gasteiger partial charge is 0.342 e. The molecular weight excluding hydrogens is 252 g/mol. The Kier molecular flexibility index (Phi) is 4.71. The molecule has 1 heterocycles. The maximum atomic E-state index is 12.5. The zero-order valence-electron chi connectivity index (χ0n) is 13.1. The predicted octanol–water partition coefficient (Wildman–Crippen LogP) is 2.33. The standard InChI is InChI=1S/C16H28N2O2/c1-12-5-4-6-13(11-12)7-9-18-10-8-14(19)17-16(2,3)15(18)20/h12-13H,4-11H2,1-3H3,(H,17,19). The van der Waals surface area contributed by atoms with E-state index >= 15 is 0 Å². The Bertz CT molecular complexity index is 379. The van der Waals surface area contributed by atoms with Gasteiger partial charge in [0.2, 0.25) is 11.8 Å². The van der Waals surface area contributed by atoms with E-state index in [-0.39, 0.29) is 11.8 Å². The van der Waals surface area contributed by atoms with Crippen molar-refractivity contribution in [2.75, 3.05) is 13.1 Å². The molecule has 20 heavy (non-hydrogen) atoms. The number of amides is 2. The minimum Gasteiger partial charge on any atom is -0.342 e. The van der Waals surface area contributed by atoms with Gasteiger partial charge in [0.1, 0.15) is 5.54 Å². The molecule has 1 aliphatic carbocycles. The normalized spacial score (nSPS) is 30.9. The summed E-state index contributed by atoms with van der Waals surface area (Å²) in [5.41, 5.74) is -0.757. The average Bonchev–Trinajstić information content (AvgIpc) is 2.46. The lowest BCUT2D eigenvalue weighted by atomic mass is 9.81. The van der Waals surface area contributed by atoms with E-state index in [1.807, 2.05) is 4.90 Å². The molecule has 1 saturated heterocycles. The summed E-state index contributed by atoms with van der Waals surface area (Å²) in [6, 6.07) is 0. The molecule has 2 atom stereocenters. The molecule has 2 fully saturated rings. The fraction of sp³-hybridized carbons (Fsp3) is 0.875. The molecule has 0 radical (unpaired) electrons. The van der Waals surface area contributed by atoms with E-state index in [2.05, 4.69) is 12.2 Å². The Hall–Kier alpha value is -1.06. The lowest BCUT2D eigenvalue weighted by Gasteiger charge is -2.32. The van der Waals surface area contributed by atoms with Crippen LogP contribution in [-0.2, 0) is 9.59 Å². The third-order valence-corrected chi connectivity index (χ3v) is 4.73. The van der Waals surface area contributed by atoms with Crippen molar-refractivity contribution in [3.63, 3.8) is 0 Å². The highest BCUT2D eigenvalue weighted by molar-refractivity contribution is 5.92. The molecule has 1 saturated carbocycles. The van der Waals surface area contributed by atoms with Crippen LogP contribution in [-0.4, -0.2) is 35.3 Å². The van der Waals surface area contributed by atoms with Crippen molar-refractivity contribution in [2.24, 2.45) is 11.8 Å². The fourth-order valence-electron chi connectivity index (χ4n) is 3.57. The summed E-state index contributed by atoms with van der Waals surface area (Å²) < 4.78 is 0. The first-order valence-corrected chi connectivity index (χ1v) is 7.99. The molecule has 0 bridgehead atoms. The Labute approximate surface area is 122 Å². The first kappa shape index (κ1) is 15.3. The summed E-state index contributed by atoms with van der Waals surface area (Å²) in [4.78, 5) is 26.0.